The maximum Gasteiger partial charge on any atom is 0.0702 e. The Kier molecular flexibility index (Phi) is 5.03. The summed E-state index contributed by atoms with van der Waals surface area (Å²) in [5, 5.41) is 0. The van der Waals surface area contributed by atoms with Crippen LogP contribution in [0.3, 0.4) is 0 Å². The third-order valence-electron chi connectivity index (χ3n) is 3.43. The van der Waals surface area contributed by atoms with Crippen molar-refractivity contribution >= 4 is 21.6 Å². The second kappa shape index (κ2) is 6.55. The molecule has 1 aromatic carbocycles. The third kappa shape index (κ3) is 3.70. The minimum atomic E-state index is 0.404. The molecule has 1 saturated heterocycles. The first-order valence-corrected chi connectivity index (χ1v) is 7.36. The van der Waals surface area contributed by atoms with Gasteiger partial charge in [0.2, 0.25) is 0 Å². The van der Waals surface area contributed by atoms with Crippen molar-refractivity contribution in [2.45, 2.75) is 32.4 Å². The van der Waals surface area contributed by atoms with E-state index in [1.165, 1.54) is 18.4 Å². The Morgan fingerprint density at radius 1 is 1.50 bits per heavy atom. The van der Waals surface area contributed by atoms with Gasteiger partial charge in [0.15, 0.2) is 0 Å². The van der Waals surface area contributed by atoms with Crippen molar-refractivity contribution in [1.29, 1.82) is 0 Å². The van der Waals surface area contributed by atoms with Crippen molar-refractivity contribution in [3.8, 4) is 0 Å². The van der Waals surface area contributed by atoms with Crippen LogP contribution in [0.5, 0.6) is 0 Å². The fraction of sp³-hybridized carbons (Fsp3) is 0.571. The van der Waals surface area contributed by atoms with E-state index >= 15 is 0 Å². The Bertz CT molecular complexity index is 391. The topological polar surface area (TPSA) is 38.5 Å². The first-order chi connectivity index (χ1) is 8.69. The number of hydrogen-bond donors (Lipinski definition) is 1. The number of nitrogen functional groups attached to an aromatic ring is 1. The van der Waals surface area contributed by atoms with Crippen LogP contribution in [0.4, 0.5) is 5.69 Å². The Morgan fingerprint density at radius 3 is 2.94 bits per heavy atom. The second-order valence-electron chi connectivity index (χ2n) is 4.81. The van der Waals surface area contributed by atoms with Crippen LogP contribution in [0.2, 0.25) is 0 Å². The standard InChI is InChI=1S/C14H21BrN2O/c1-2-17(10-13-4-3-7-18-13)9-11-5-6-12(15)8-14(11)16/h5-6,8,13H,2-4,7,9-10,16H2,1H3. The molecule has 2 rings (SSSR count). The molecule has 1 atom stereocenters. The fourth-order valence-corrected chi connectivity index (χ4v) is 2.71. The first kappa shape index (κ1) is 13.8. The predicted octanol–water partition coefficient (Wildman–Crippen LogP) is 3.03. The quantitative estimate of drug-likeness (QED) is 0.849. The molecule has 0 aliphatic carbocycles. The second-order valence-corrected chi connectivity index (χ2v) is 5.72. The number of halogens is 1. The van der Waals surface area contributed by atoms with Crippen LogP contribution in [0, 0.1) is 0 Å². The molecule has 0 aromatic heterocycles. The summed E-state index contributed by atoms with van der Waals surface area (Å²) in [6.45, 7) is 6.03. The van der Waals surface area contributed by atoms with Crippen LogP contribution in [0.25, 0.3) is 0 Å². The molecule has 1 aliphatic heterocycles. The Hall–Kier alpha value is -0.580. The van der Waals surface area contributed by atoms with E-state index in [0.29, 0.717) is 6.10 Å². The van der Waals surface area contributed by atoms with E-state index in [9.17, 15) is 0 Å². The molecule has 2 N–H and O–H groups in total. The van der Waals surface area contributed by atoms with Crippen LogP contribution >= 0.6 is 15.9 Å². The molecule has 1 heterocycles. The molecule has 1 aliphatic rings. The molecule has 100 valence electrons. The molecular weight excluding hydrogens is 292 g/mol. The lowest BCUT2D eigenvalue weighted by atomic mass is 10.1. The summed E-state index contributed by atoms with van der Waals surface area (Å²) in [5.41, 5.74) is 8.09. The highest BCUT2D eigenvalue weighted by molar-refractivity contribution is 9.10. The predicted molar refractivity (Wildman–Crippen MR) is 78.5 cm³/mol. The van der Waals surface area contributed by atoms with Gasteiger partial charge in [-0.3, -0.25) is 4.90 Å². The van der Waals surface area contributed by atoms with Crippen LogP contribution in [0.15, 0.2) is 22.7 Å². The number of nitrogens with two attached hydrogens (primary N) is 1. The lowest BCUT2D eigenvalue weighted by Crippen LogP contribution is -2.31. The van der Waals surface area contributed by atoms with E-state index in [1.807, 2.05) is 12.1 Å². The summed E-state index contributed by atoms with van der Waals surface area (Å²) in [6, 6.07) is 6.11. The highest BCUT2D eigenvalue weighted by Crippen LogP contribution is 2.21. The van der Waals surface area contributed by atoms with Crippen molar-refractivity contribution < 1.29 is 4.74 Å². The Morgan fingerprint density at radius 2 is 2.33 bits per heavy atom. The molecule has 0 amide bonds. The molecule has 0 saturated carbocycles. The molecule has 1 fully saturated rings. The van der Waals surface area contributed by atoms with Gasteiger partial charge in [-0.25, -0.2) is 0 Å². The zero-order valence-corrected chi connectivity index (χ0v) is 12.4. The van der Waals surface area contributed by atoms with Gasteiger partial charge < -0.3 is 10.5 Å². The van der Waals surface area contributed by atoms with Gasteiger partial charge in [0.1, 0.15) is 0 Å². The molecule has 4 heteroatoms. The van der Waals surface area contributed by atoms with Crippen molar-refractivity contribution in [2.24, 2.45) is 0 Å². The van der Waals surface area contributed by atoms with E-state index in [-0.39, 0.29) is 0 Å². The minimum Gasteiger partial charge on any atom is -0.398 e. The van der Waals surface area contributed by atoms with Gasteiger partial charge >= 0.3 is 0 Å². The van der Waals surface area contributed by atoms with Gasteiger partial charge in [0.25, 0.3) is 0 Å². The van der Waals surface area contributed by atoms with Gasteiger partial charge in [-0.05, 0) is 37.1 Å². The van der Waals surface area contributed by atoms with Crippen LogP contribution in [0.1, 0.15) is 25.3 Å². The zero-order valence-electron chi connectivity index (χ0n) is 10.9. The van der Waals surface area contributed by atoms with Gasteiger partial charge in [-0.2, -0.15) is 0 Å². The summed E-state index contributed by atoms with van der Waals surface area (Å²) < 4.78 is 6.73. The molecular formula is C14H21BrN2O. The summed E-state index contributed by atoms with van der Waals surface area (Å²) >= 11 is 3.44. The smallest absolute Gasteiger partial charge is 0.0702 e. The van der Waals surface area contributed by atoms with Crippen molar-refractivity contribution in [2.75, 3.05) is 25.4 Å². The highest BCUT2D eigenvalue weighted by Gasteiger charge is 2.18. The monoisotopic (exact) mass is 312 g/mol. The van der Waals surface area contributed by atoms with E-state index in [2.05, 4.69) is 33.8 Å². The normalized spacial score (nSPS) is 19.6. The zero-order chi connectivity index (χ0) is 13.0. The average molecular weight is 313 g/mol. The number of rotatable bonds is 5. The minimum absolute atomic E-state index is 0.404. The Labute approximate surface area is 117 Å². The first-order valence-electron chi connectivity index (χ1n) is 6.57. The molecule has 0 spiro atoms. The van der Waals surface area contributed by atoms with Gasteiger partial charge in [0, 0.05) is 29.9 Å². The maximum absolute atomic E-state index is 6.04. The molecule has 1 unspecified atom stereocenters. The van der Waals surface area contributed by atoms with Crippen LogP contribution in [-0.2, 0) is 11.3 Å². The number of anilines is 1. The number of nitrogens with zero attached hydrogens (tertiary/aromatic N) is 1. The van der Waals surface area contributed by atoms with Crippen molar-refractivity contribution in [3.63, 3.8) is 0 Å². The Balaban J connectivity index is 1.96. The van der Waals surface area contributed by atoms with Crippen LogP contribution in [-0.4, -0.2) is 30.7 Å². The largest absolute Gasteiger partial charge is 0.398 e. The van der Waals surface area contributed by atoms with Crippen molar-refractivity contribution in [3.05, 3.63) is 28.2 Å². The molecule has 18 heavy (non-hydrogen) atoms. The van der Waals surface area contributed by atoms with Gasteiger partial charge in [0.05, 0.1) is 6.10 Å². The summed E-state index contributed by atoms with van der Waals surface area (Å²) in [6.07, 6.45) is 2.79. The maximum atomic E-state index is 6.04. The molecule has 0 radical (unpaired) electrons. The van der Waals surface area contributed by atoms with Crippen molar-refractivity contribution in [1.82, 2.24) is 4.90 Å². The lowest BCUT2D eigenvalue weighted by Gasteiger charge is -2.24. The summed E-state index contributed by atoms with van der Waals surface area (Å²) in [7, 11) is 0. The van der Waals surface area contributed by atoms with Gasteiger partial charge in [-0.1, -0.05) is 28.9 Å². The van der Waals surface area contributed by atoms with E-state index < -0.39 is 0 Å². The number of likely N-dealkylation sites (N-methyl/N-ethyl adjacent to an activating group) is 1. The number of hydrogen-bond acceptors (Lipinski definition) is 3. The van der Waals surface area contributed by atoms with Gasteiger partial charge in [-0.15, -0.1) is 0 Å². The van der Waals surface area contributed by atoms with Crippen LogP contribution < -0.4 is 5.73 Å². The SMILES string of the molecule is CCN(Cc1ccc(Br)cc1N)CC1CCCO1. The lowest BCUT2D eigenvalue weighted by molar-refractivity contribution is 0.0725. The fourth-order valence-electron chi connectivity index (χ4n) is 2.33. The molecule has 3 nitrogen and oxygen atoms in total. The molecule has 0 bridgehead atoms. The summed E-state index contributed by atoms with van der Waals surface area (Å²) in [4.78, 5) is 2.40. The summed E-state index contributed by atoms with van der Waals surface area (Å²) in [5.74, 6) is 0. The highest BCUT2D eigenvalue weighted by atomic mass is 79.9. The van der Waals surface area contributed by atoms with E-state index in [4.69, 9.17) is 10.5 Å². The number of ether oxygens (including phenoxy) is 1. The average Bonchev–Trinajstić information content (AvgIpc) is 2.84. The third-order valence-corrected chi connectivity index (χ3v) is 3.93. The van der Waals surface area contributed by atoms with E-state index in [0.717, 1.165) is 36.4 Å². The van der Waals surface area contributed by atoms with E-state index in [1.54, 1.807) is 0 Å². The molecule has 1 aromatic rings. The number of benzene rings is 1.